The third-order valence-corrected chi connectivity index (χ3v) is 6.38. The number of hydrogen-bond donors (Lipinski definition) is 0. The van der Waals surface area contributed by atoms with Gasteiger partial charge in [-0.2, -0.15) is 0 Å². The Morgan fingerprint density at radius 3 is 2.59 bits per heavy atom. The van der Waals surface area contributed by atoms with Gasteiger partial charge in [-0.15, -0.1) is 11.3 Å². The first kappa shape index (κ1) is 23.4. The fourth-order valence-corrected chi connectivity index (χ4v) is 4.52. The van der Waals surface area contributed by atoms with Crippen LogP contribution < -0.4 is 9.64 Å². The largest absolute Gasteiger partial charge is 0.497 e. The molecule has 0 N–H and O–H groups in total. The van der Waals surface area contributed by atoms with Gasteiger partial charge in [0, 0.05) is 40.6 Å². The smallest absolute Gasteiger partial charge is 0.269 e. The first-order chi connectivity index (χ1) is 16.5. The zero-order valence-corrected chi connectivity index (χ0v) is 19.8. The minimum Gasteiger partial charge on any atom is -0.497 e. The quantitative estimate of drug-likeness (QED) is 0.202. The van der Waals surface area contributed by atoms with Gasteiger partial charge in [-0.25, -0.2) is 4.98 Å². The van der Waals surface area contributed by atoms with Crippen LogP contribution in [0.5, 0.6) is 5.75 Å². The molecule has 0 saturated heterocycles. The van der Waals surface area contributed by atoms with Crippen molar-refractivity contribution in [2.75, 3.05) is 12.0 Å². The van der Waals surface area contributed by atoms with Gasteiger partial charge in [-0.3, -0.25) is 19.8 Å². The Bertz CT molecular complexity index is 1320. The van der Waals surface area contributed by atoms with Crippen molar-refractivity contribution in [3.63, 3.8) is 0 Å². The number of ether oxygens (including phenoxy) is 1. The number of nitrogens with zero attached hydrogens (tertiary/aromatic N) is 3. The van der Waals surface area contributed by atoms with E-state index in [9.17, 15) is 14.9 Å². The van der Waals surface area contributed by atoms with E-state index in [4.69, 9.17) is 16.3 Å². The van der Waals surface area contributed by atoms with Crippen molar-refractivity contribution in [1.29, 1.82) is 0 Å². The summed E-state index contributed by atoms with van der Waals surface area (Å²) in [6, 6.07) is 20.8. The van der Waals surface area contributed by atoms with Gasteiger partial charge in [0.25, 0.3) is 5.69 Å². The maximum absolute atomic E-state index is 13.4. The monoisotopic (exact) mass is 493 g/mol. The van der Waals surface area contributed by atoms with Crippen LogP contribution in [0.3, 0.4) is 0 Å². The Balaban J connectivity index is 1.65. The molecule has 34 heavy (non-hydrogen) atoms. The van der Waals surface area contributed by atoms with Gasteiger partial charge in [-0.05, 0) is 42.3 Å². The molecule has 0 aliphatic rings. The average Bonchev–Trinajstić information content (AvgIpc) is 3.33. The van der Waals surface area contributed by atoms with Crippen molar-refractivity contribution in [3.05, 3.63) is 98.9 Å². The number of methoxy groups -OCH3 is 1. The molecule has 0 aliphatic carbocycles. The highest BCUT2D eigenvalue weighted by molar-refractivity contribution is 7.14. The number of nitro groups is 1. The maximum Gasteiger partial charge on any atom is 0.269 e. The number of carbonyl (C=O) groups is 1. The first-order valence-corrected chi connectivity index (χ1v) is 11.6. The molecule has 0 aliphatic heterocycles. The van der Waals surface area contributed by atoms with Crippen molar-refractivity contribution in [2.24, 2.45) is 0 Å². The molecule has 7 nitrogen and oxygen atoms in total. The Morgan fingerprint density at radius 2 is 1.88 bits per heavy atom. The van der Waals surface area contributed by atoms with E-state index in [0.29, 0.717) is 33.7 Å². The third-order valence-electron chi connectivity index (χ3n) is 5.18. The van der Waals surface area contributed by atoms with Crippen molar-refractivity contribution in [2.45, 2.75) is 12.8 Å². The van der Waals surface area contributed by atoms with Crippen LogP contribution in [0.2, 0.25) is 5.02 Å². The topological polar surface area (TPSA) is 85.6 Å². The van der Waals surface area contributed by atoms with Gasteiger partial charge in [0.05, 0.1) is 23.4 Å². The summed E-state index contributed by atoms with van der Waals surface area (Å²) in [5.41, 5.74) is 2.89. The molecule has 4 rings (SSSR count). The molecule has 1 aromatic heterocycles. The number of benzene rings is 3. The molecule has 172 valence electrons. The number of nitro benzene ring substituents is 1. The number of hydrogen-bond acceptors (Lipinski definition) is 6. The number of amides is 1. The second-order valence-electron chi connectivity index (χ2n) is 7.34. The van der Waals surface area contributed by atoms with Gasteiger partial charge in [0.2, 0.25) is 5.91 Å². The third kappa shape index (κ3) is 5.24. The number of non-ortho nitro benzene ring substituents is 1. The molecule has 0 radical (unpaired) electrons. The number of halogens is 1. The number of rotatable bonds is 8. The van der Waals surface area contributed by atoms with Crippen LogP contribution in [0.15, 0.2) is 78.2 Å². The predicted molar refractivity (Wildman–Crippen MR) is 134 cm³/mol. The molecule has 9 heteroatoms. The summed E-state index contributed by atoms with van der Waals surface area (Å²) in [6.45, 7) is 0. The molecule has 0 saturated carbocycles. The van der Waals surface area contributed by atoms with Crippen LogP contribution in [0.4, 0.5) is 16.5 Å². The zero-order valence-electron chi connectivity index (χ0n) is 18.2. The van der Waals surface area contributed by atoms with Crippen molar-refractivity contribution >= 4 is 45.4 Å². The lowest BCUT2D eigenvalue weighted by Gasteiger charge is -2.21. The molecule has 0 atom stereocenters. The van der Waals surface area contributed by atoms with Crippen LogP contribution in [0.25, 0.3) is 11.3 Å². The molecule has 4 aromatic rings. The van der Waals surface area contributed by atoms with Crippen LogP contribution in [0.1, 0.15) is 12.0 Å². The Labute approximate surface area is 205 Å². The highest BCUT2D eigenvalue weighted by Crippen LogP contribution is 2.35. The van der Waals surface area contributed by atoms with Gasteiger partial charge >= 0.3 is 0 Å². The second-order valence-corrected chi connectivity index (χ2v) is 8.59. The normalized spacial score (nSPS) is 10.6. The van der Waals surface area contributed by atoms with Crippen molar-refractivity contribution in [3.8, 4) is 17.0 Å². The summed E-state index contributed by atoms with van der Waals surface area (Å²) in [6.07, 6.45) is 0.715. The van der Waals surface area contributed by atoms with E-state index in [0.717, 1.165) is 11.1 Å². The molecule has 0 spiro atoms. The van der Waals surface area contributed by atoms with Crippen LogP contribution in [-0.2, 0) is 11.2 Å². The lowest BCUT2D eigenvalue weighted by Crippen LogP contribution is -2.26. The van der Waals surface area contributed by atoms with Crippen molar-refractivity contribution < 1.29 is 14.5 Å². The van der Waals surface area contributed by atoms with Gasteiger partial charge < -0.3 is 4.74 Å². The number of thiazole rings is 1. The summed E-state index contributed by atoms with van der Waals surface area (Å²) in [5, 5.41) is 13.9. The highest BCUT2D eigenvalue weighted by Gasteiger charge is 2.22. The number of aromatic nitrogens is 1. The summed E-state index contributed by atoms with van der Waals surface area (Å²) in [7, 11) is 1.57. The second kappa shape index (κ2) is 10.5. The van der Waals surface area contributed by atoms with E-state index in [1.54, 1.807) is 42.3 Å². The van der Waals surface area contributed by atoms with E-state index in [-0.39, 0.29) is 18.0 Å². The number of aryl methyl sites for hydroxylation is 1. The minimum atomic E-state index is -0.446. The van der Waals surface area contributed by atoms with Gasteiger partial charge in [0.1, 0.15) is 5.75 Å². The average molecular weight is 494 g/mol. The summed E-state index contributed by atoms with van der Waals surface area (Å²) in [5.74, 6) is 0.478. The SMILES string of the molecule is COc1cccc(N(C(=O)CCc2ccccc2Cl)c2nc(-c3ccc([N+](=O)[O-])cc3)cs2)c1. The zero-order chi connectivity index (χ0) is 24.1. The van der Waals surface area contributed by atoms with E-state index in [1.165, 1.54) is 23.5 Å². The predicted octanol–water partition coefficient (Wildman–Crippen LogP) is 6.68. The summed E-state index contributed by atoms with van der Waals surface area (Å²) < 4.78 is 5.34. The van der Waals surface area contributed by atoms with E-state index < -0.39 is 4.92 Å². The molecule has 1 amide bonds. The lowest BCUT2D eigenvalue weighted by molar-refractivity contribution is -0.384. The molecule has 0 bridgehead atoms. The summed E-state index contributed by atoms with van der Waals surface area (Å²) >= 11 is 7.59. The number of carbonyl (C=O) groups excluding carboxylic acids is 1. The number of anilines is 2. The van der Waals surface area contributed by atoms with Gasteiger partial charge in [-0.1, -0.05) is 35.9 Å². The lowest BCUT2D eigenvalue weighted by atomic mass is 10.1. The molecule has 1 heterocycles. The fraction of sp³-hybridized carbons (Fsp3) is 0.120. The molecule has 3 aromatic carbocycles. The first-order valence-electron chi connectivity index (χ1n) is 10.4. The van der Waals surface area contributed by atoms with E-state index in [1.807, 2.05) is 35.7 Å². The Kier molecular flexibility index (Phi) is 7.20. The Hall–Kier alpha value is -3.75. The van der Waals surface area contributed by atoms with E-state index in [2.05, 4.69) is 4.98 Å². The Morgan fingerprint density at radius 1 is 1.12 bits per heavy atom. The van der Waals surface area contributed by atoms with Crippen LogP contribution in [-0.4, -0.2) is 22.9 Å². The molecule has 0 fully saturated rings. The molecule has 0 unspecified atom stereocenters. The standard InChI is InChI=1S/C25H20ClN3O4S/c1-33-21-7-4-6-20(15-21)28(24(30)14-11-17-5-2-3-8-22(17)26)25-27-23(16-34-25)18-9-12-19(13-10-18)29(31)32/h2-10,12-13,15-16H,11,14H2,1H3. The van der Waals surface area contributed by atoms with Crippen molar-refractivity contribution in [1.82, 2.24) is 4.98 Å². The molecular weight excluding hydrogens is 474 g/mol. The van der Waals surface area contributed by atoms with Crippen LogP contribution >= 0.6 is 22.9 Å². The minimum absolute atomic E-state index is 0.00645. The van der Waals surface area contributed by atoms with Gasteiger partial charge in [0.15, 0.2) is 5.13 Å². The summed E-state index contributed by atoms with van der Waals surface area (Å²) in [4.78, 5) is 30.2. The maximum atomic E-state index is 13.4. The highest BCUT2D eigenvalue weighted by atomic mass is 35.5. The van der Waals surface area contributed by atoms with Crippen LogP contribution in [0, 0.1) is 10.1 Å². The fourth-order valence-electron chi connectivity index (χ4n) is 3.42. The van der Waals surface area contributed by atoms with E-state index >= 15 is 0 Å². The molecular formula is C25H20ClN3O4S.